The van der Waals surface area contributed by atoms with E-state index in [1.807, 2.05) is 31.3 Å². The van der Waals surface area contributed by atoms with Crippen LogP contribution in [0.15, 0.2) is 39.4 Å². The quantitative estimate of drug-likeness (QED) is 0.893. The minimum absolute atomic E-state index is 0.613. The van der Waals surface area contributed by atoms with Crippen molar-refractivity contribution in [2.24, 2.45) is 0 Å². The molecule has 0 aliphatic rings. The lowest BCUT2D eigenvalue weighted by Crippen LogP contribution is -1.87. The van der Waals surface area contributed by atoms with Crippen LogP contribution >= 0.6 is 15.9 Å². The third-order valence-electron chi connectivity index (χ3n) is 1.86. The molecule has 0 spiro atoms. The first-order valence-electron chi connectivity index (χ1n) is 4.19. The van der Waals surface area contributed by atoms with E-state index in [4.69, 9.17) is 4.42 Å². The van der Waals surface area contributed by atoms with Gasteiger partial charge in [-0.3, -0.25) is 0 Å². The third kappa shape index (κ3) is 1.65. The molecule has 1 N–H and O–H groups in total. The molecule has 14 heavy (non-hydrogen) atoms. The van der Waals surface area contributed by atoms with Crippen molar-refractivity contribution in [1.29, 1.82) is 0 Å². The molecule has 0 saturated heterocycles. The lowest BCUT2D eigenvalue weighted by atomic mass is 10.2. The lowest BCUT2D eigenvalue weighted by molar-refractivity contribution is 0.574. The van der Waals surface area contributed by atoms with Crippen molar-refractivity contribution in [3.63, 3.8) is 0 Å². The van der Waals surface area contributed by atoms with E-state index in [0.29, 0.717) is 5.89 Å². The Labute approximate surface area is 90.3 Å². The topological polar surface area (TPSA) is 38.1 Å². The first-order chi connectivity index (χ1) is 6.81. The van der Waals surface area contributed by atoms with Crippen LogP contribution in [0.3, 0.4) is 0 Å². The molecule has 0 amide bonds. The van der Waals surface area contributed by atoms with Crippen molar-refractivity contribution in [2.45, 2.75) is 0 Å². The molecule has 3 nitrogen and oxygen atoms in total. The van der Waals surface area contributed by atoms with Gasteiger partial charge in [-0.05, 0) is 28.1 Å². The molecule has 0 fully saturated rings. The van der Waals surface area contributed by atoms with Crippen molar-refractivity contribution >= 4 is 21.7 Å². The number of nitrogens with one attached hydrogen (secondary N) is 1. The zero-order chi connectivity index (χ0) is 9.97. The van der Waals surface area contributed by atoms with Gasteiger partial charge in [0.25, 0.3) is 0 Å². The van der Waals surface area contributed by atoms with E-state index in [9.17, 15) is 0 Å². The SMILES string of the molecule is CNc1coc(-c2ccccc2Br)n1. The van der Waals surface area contributed by atoms with Crippen LogP contribution < -0.4 is 5.32 Å². The van der Waals surface area contributed by atoms with Crippen molar-refractivity contribution in [3.05, 3.63) is 35.0 Å². The van der Waals surface area contributed by atoms with Crippen LogP contribution in [0.2, 0.25) is 0 Å². The van der Waals surface area contributed by atoms with Gasteiger partial charge in [-0.2, -0.15) is 4.98 Å². The fourth-order valence-electron chi connectivity index (χ4n) is 1.15. The molecular weight excluding hydrogens is 244 g/mol. The Kier molecular flexibility index (Phi) is 2.54. The van der Waals surface area contributed by atoms with Crippen LogP contribution in [0, 0.1) is 0 Å². The second kappa shape index (κ2) is 3.84. The van der Waals surface area contributed by atoms with Crippen LogP contribution in [0.25, 0.3) is 11.5 Å². The Hall–Kier alpha value is -1.29. The highest BCUT2D eigenvalue weighted by atomic mass is 79.9. The maximum atomic E-state index is 5.32. The summed E-state index contributed by atoms with van der Waals surface area (Å²) in [6.07, 6.45) is 1.59. The Balaban J connectivity index is 2.44. The van der Waals surface area contributed by atoms with Crippen LogP contribution in [0.4, 0.5) is 5.82 Å². The third-order valence-corrected chi connectivity index (χ3v) is 2.56. The van der Waals surface area contributed by atoms with Gasteiger partial charge >= 0.3 is 0 Å². The highest BCUT2D eigenvalue weighted by molar-refractivity contribution is 9.10. The summed E-state index contributed by atoms with van der Waals surface area (Å²) in [7, 11) is 1.81. The fourth-order valence-corrected chi connectivity index (χ4v) is 1.60. The number of benzene rings is 1. The normalized spacial score (nSPS) is 10.1. The number of halogens is 1. The van der Waals surface area contributed by atoms with Crippen LogP contribution in [0.1, 0.15) is 0 Å². The number of oxazole rings is 1. The average Bonchev–Trinajstić information content (AvgIpc) is 2.67. The number of hydrogen-bond donors (Lipinski definition) is 1. The number of anilines is 1. The molecule has 0 aliphatic heterocycles. The largest absolute Gasteiger partial charge is 0.442 e. The smallest absolute Gasteiger partial charge is 0.229 e. The summed E-state index contributed by atoms with van der Waals surface area (Å²) >= 11 is 3.44. The Morgan fingerprint density at radius 2 is 2.14 bits per heavy atom. The molecule has 4 heteroatoms. The summed E-state index contributed by atoms with van der Waals surface area (Å²) in [6, 6.07) is 7.81. The summed E-state index contributed by atoms with van der Waals surface area (Å²) in [6.45, 7) is 0. The summed E-state index contributed by atoms with van der Waals surface area (Å²) < 4.78 is 6.30. The predicted octanol–water partition coefficient (Wildman–Crippen LogP) is 3.15. The molecule has 1 aromatic heterocycles. The van der Waals surface area contributed by atoms with E-state index < -0.39 is 0 Å². The minimum Gasteiger partial charge on any atom is -0.442 e. The zero-order valence-corrected chi connectivity index (χ0v) is 9.21. The maximum absolute atomic E-state index is 5.32. The molecular formula is C10H9BrN2O. The first kappa shape index (κ1) is 9.27. The Morgan fingerprint density at radius 3 is 2.79 bits per heavy atom. The van der Waals surface area contributed by atoms with Gasteiger partial charge in [-0.25, -0.2) is 0 Å². The van der Waals surface area contributed by atoms with Gasteiger partial charge in [0.15, 0.2) is 5.82 Å². The van der Waals surface area contributed by atoms with Crippen LogP contribution in [-0.4, -0.2) is 12.0 Å². The van der Waals surface area contributed by atoms with Gasteiger partial charge in [-0.1, -0.05) is 12.1 Å². The molecule has 0 saturated carbocycles. The van der Waals surface area contributed by atoms with Gasteiger partial charge < -0.3 is 9.73 Å². The van der Waals surface area contributed by atoms with Crippen LogP contribution in [-0.2, 0) is 0 Å². The summed E-state index contributed by atoms with van der Waals surface area (Å²) in [5.41, 5.74) is 0.953. The van der Waals surface area contributed by atoms with E-state index in [1.165, 1.54) is 0 Å². The average molecular weight is 253 g/mol. The van der Waals surface area contributed by atoms with Crippen molar-refractivity contribution in [1.82, 2.24) is 4.98 Å². The van der Waals surface area contributed by atoms with Gasteiger partial charge in [0, 0.05) is 11.5 Å². The number of rotatable bonds is 2. The molecule has 2 rings (SSSR count). The molecule has 72 valence electrons. The summed E-state index contributed by atoms with van der Waals surface area (Å²) in [4.78, 5) is 4.25. The van der Waals surface area contributed by atoms with Crippen molar-refractivity contribution < 1.29 is 4.42 Å². The van der Waals surface area contributed by atoms with Gasteiger partial charge in [0.1, 0.15) is 6.26 Å². The minimum atomic E-state index is 0.613. The predicted molar refractivity (Wildman–Crippen MR) is 59.2 cm³/mol. The van der Waals surface area contributed by atoms with E-state index in [-0.39, 0.29) is 0 Å². The van der Waals surface area contributed by atoms with E-state index in [1.54, 1.807) is 6.26 Å². The molecule has 1 aromatic carbocycles. The Bertz CT molecular complexity index is 439. The fraction of sp³-hybridized carbons (Fsp3) is 0.100. The zero-order valence-electron chi connectivity index (χ0n) is 7.62. The second-order valence-electron chi connectivity index (χ2n) is 2.77. The van der Waals surface area contributed by atoms with E-state index in [0.717, 1.165) is 15.9 Å². The molecule has 0 radical (unpaired) electrons. The highest BCUT2D eigenvalue weighted by Gasteiger charge is 2.08. The highest BCUT2D eigenvalue weighted by Crippen LogP contribution is 2.27. The van der Waals surface area contributed by atoms with E-state index in [2.05, 4.69) is 26.2 Å². The number of nitrogens with zero attached hydrogens (tertiary/aromatic N) is 1. The van der Waals surface area contributed by atoms with Crippen LogP contribution in [0.5, 0.6) is 0 Å². The molecule has 1 heterocycles. The summed E-state index contributed by atoms with van der Waals surface area (Å²) in [5, 5.41) is 2.92. The summed E-state index contributed by atoms with van der Waals surface area (Å²) in [5.74, 6) is 1.34. The molecule has 0 bridgehead atoms. The lowest BCUT2D eigenvalue weighted by Gasteiger charge is -1.97. The van der Waals surface area contributed by atoms with E-state index >= 15 is 0 Å². The van der Waals surface area contributed by atoms with Crippen molar-refractivity contribution in [3.8, 4) is 11.5 Å². The standard InChI is InChI=1S/C10H9BrN2O/c1-12-9-6-14-10(13-9)7-4-2-3-5-8(7)11/h2-6,12H,1H3. The molecule has 0 unspecified atom stereocenters. The Morgan fingerprint density at radius 1 is 1.36 bits per heavy atom. The van der Waals surface area contributed by atoms with Gasteiger partial charge in [0.05, 0.1) is 5.56 Å². The maximum Gasteiger partial charge on any atom is 0.229 e. The molecule has 2 aromatic rings. The second-order valence-corrected chi connectivity index (χ2v) is 3.62. The first-order valence-corrected chi connectivity index (χ1v) is 4.99. The molecule has 0 aliphatic carbocycles. The number of aromatic nitrogens is 1. The monoisotopic (exact) mass is 252 g/mol. The van der Waals surface area contributed by atoms with Gasteiger partial charge in [0.2, 0.25) is 5.89 Å². The molecule has 0 atom stereocenters. The number of hydrogen-bond acceptors (Lipinski definition) is 3. The van der Waals surface area contributed by atoms with Gasteiger partial charge in [-0.15, -0.1) is 0 Å². The van der Waals surface area contributed by atoms with Crippen molar-refractivity contribution in [2.75, 3.05) is 12.4 Å².